The van der Waals surface area contributed by atoms with Crippen molar-refractivity contribution in [2.45, 2.75) is 17.9 Å². The highest BCUT2D eigenvalue weighted by molar-refractivity contribution is 6.11. The van der Waals surface area contributed by atoms with Crippen LogP contribution in [-0.4, -0.2) is 32.9 Å². The number of hydrogen-bond donors (Lipinski definition) is 2. The van der Waals surface area contributed by atoms with Crippen molar-refractivity contribution in [2.24, 2.45) is 16.9 Å². The normalized spacial score (nSPS) is 24.4. The molecule has 9 rings (SSSR count). The number of imide groups is 1. The van der Waals surface area contributed by atoms with Crippen molar-refractivity contribution < 1.29 is 9.59 Å². The maximum Gasteiger partial charge on any atom is 0.235 e. The summed E-state index contributed by atoms with van der Waals surface area (Å²) in [5, 5.41) is 4.70. The van der Waals surface area contributed by atoms with Gasteiger partial charge in [-0.2, -0.15) is 5.10 Å². The fraction of sp³-hybridized carbons (Fsp3) is 0.152. The molecule has 0 radical (unpaired) electrons. The Morgan fingerprint density at radius 2 is 1.48 bits per heavy atom. The molecule has 2 N–H and O–H groups in total. The third-order valence-electron chi connectivity index (χ3n) is 8.79. The quantitative estimate of drug-likeness (QED) is 0.188. The number of anilines is 1. The van der Waals surface area contributed by atoms with E-state index in [1.165, 1.54) is 4.90 Å². The van der Waals surface area contributed by atoms with Gasteiger partial charge in [0, 0.05) is 12.1 Å². The summed E-state index contributed by atoms with van der Waals surface area (Å²) in [6.07, 6.45) is 1.84. The van der Waals surface area contributed by atoms with E-state index in [4.69, 9.17) is 5.10 Å². The van der Waals surface area contributed by atoms with E-state index in [0.29, 0.717) is 5.95 Å². The van der Waals surface area contributed by atoms with E-state index in [2.05, 4.69) is 39.7 Å². The van der Waals surface area contributed by atoms with Gasteiger partial charge in [0.25, 0.3) is 0 Å². The number of hydrazone groups is 1. The molecule has 40 heavy (non-hydrogen) atoms. The number of carbonyl (C=O) groups is 2. The molecule has 1 aromatic heterocycles. The number of hydrogen-bond acceptors (Lipinski definition) is 5. The third-order valence-corrected chi connectivity index (χ3v) is 8.79. The van der Waals surface area contributed by atoms with E-state index >= 15 is 0 Å². The molecule has 4 aromatic carbocycles. The third kappa shape index (κ3) is 3.06. The van der Waals surface area contributed by atoms with Crippen LogP contribution in [0.1, 0.15) is 33.7 Å². The van der Waals surface area contributed by atoms with E-state index in [9.17, 15) is 9.59 Å². The van der Waals surface area contributed by atoms with Crippen LogP contribution >= 0.6 is 0 Å². The molecule has 1 saturated heterocycles. The number of benzene rings is 4. The Hall–Kier alpha value is -5.04. The smallest absolute Gasteiger partial charge is 0.235 e. The number of imidazole rings is 1. The minimum absolute atomic E-state index is 0.115. The number of rotatable bonds is 5. The van der Waals surface area contributed by atoms with E-state index in [1.807, 2.05) is 85.1 Å². The van der Waals surface area contributed by atoms with Crippen LogP contribution in [-0.2, 0) is 21.5 Å². The first-order valence-electron chi connectivity index (χ1n) is 13.5. The van der Waals surface area contributed by atoms with Crippen LogP contribution in [0, 0.1) is 11.8 Å². The number of likely N-dealkylation sites (tertiary alicyclic amines) is 1. The molecule has 2 amide bonds. The summed E-state index contributed by atoms with van der Waals surface area (Å²) in [6, 6.07) is 33.9. The van der Waals surface area contributed by atoms with Crippen LogP contribution in [0.4, 0.5) is 5.95 Å². The maximum absolute atomic E-state index is 14.3. The number of H-pyrrole nitrogens is 1. The number of aromatic amines is 1. The summed E-state index contributed by atoms with van der Waals surface area (Å²) in [4.78, 5) is 37.7. The van der Waals surface area contributed by atoms with Crippen molar-refractivity contribution in [3.05, 3.63) is 131 Å². The van der Waals surface area contributed by atoms with Crippen molar-refractivity contribution >= 4 is 35.0 Å². The number of carbonyl (C=O) groups excluding carboxylic acids is 2. The Balaban J connectivity index is 1.28. The molecule has 194 valence electrons. The van der Waals surface area contributed by atoms with Gasteiger partial charge >= 0.3 is 0 Å². The fourth-order valence-electron chi connectivity index (χ4n) is 7.23. The molecule has 2 atom stereocenters. The second-order valence-corrected chi connectivity index (χ2v) is 10.7. The summed E-state index contributed by atoms with van der Waals surface area (Å²) in [5.41, 5.74) is 9.04. The number of fused-ring (bicyclic) bond motifs is 1. The molecule has 7 heteroatoms. The van der Waals surface area contributed by atoms with Crippen molar-refractivity contribution in [1.29, 1.82) is 0 Å². The SMILES string of the molecule is O=C1[C@@H]2[C@@H](C(=O)N1Cc1ccccc1)C1c3ccccc3C2(/C=N\Nc2nc3ccccc3[nH]2)c2ccccc21. The highest BCUT2D eigenvalue weighted by Crippen LogP contribution is 2.63. The number of para-hydroxylation sites is 2. The Morgan fingerprint density at radius 1 is 0.825 bits per heavy atom. The van der Waals surface area contributed by atoms with Crippen LogP contribution in [0.3, 0.4) is 0 Å². The van der Waals surface area contributed by atoms with E-state index in [-0.39, 0.29) is 24.3 Å². The van der Waals surface area contributed by atoms with Gasteiger partial charge in [-0.05, 0) is 39.9 Å². The van der Waals surface area contributed by atoms with Crippen LogP contribution in [0.5, 0.6) is 0 Å². The molecule has 3 aliphatic carbocycles. The molecule has 5 aromatic rings. The molecule has 1 fully saturated rings. The van der Waals surface area contributed by atoms with Crippen LogP contribution in [0.15, 0.2) is 108 Å². The van der Waals surface area contributed by atoms with Gasteiger partial charge in [-0.3, -0.25) is 14.5 Å². The summed E-state index contributed by atoms with van der Waals surface area (Å²) in [5.74, 6) is -1.04. The lowest BCUT2D eigenvalue weighted by atomic mass is 9.47. The predicted molar refractivity (Wildman–Crippen MR) is 153 cm³/mol. The van der Waals surface area contributed by atoms with Crippen LogP contribution in [0.25, 0.3) is 11.0 Å². The Kier molecular flexibility index (Phi) is 4.85. The molecule has 2 heterocycles. The second-order valence-electron chi connectivity index (χ2n) is 10.7. The Bertz CT molecular complexity index is 1760. The summed E-state index contributed by atoms with van der Waals surface area (Å²) in [6.45, 7) is 0.259. The predicted octanol–water partition coefficient (Wildman–Crippen LogP) is 5.21. The highest BCUT2D eigenvalue weighted by atomic mass is 16.2. The average Bonchev–Trinajstić information content (AvgIpc) is 3.52. The lowest BCUT2D eigenvalue weighted by Gasteiger charge is -2.52. The monoisotopic (exact) mass is 523 g/mol. The Labute approximate surface area is 230 Å². The first-order chi connectivity index (χ1) is 19.7. The fourth-order valence-corrected chi connectivity index (χ4v) is 7.23. The maximum atomic E-state index is 14.3. The first-order valence-corrected chi connectivity index (χ1v) is 13.5. The van der Waals surface area contributed by atoms with Crippen molar-refractivity contribution in [1.82, 2.24) is 14.9 Å². The highest BCUT2D eigenvalue weighted by Gasteiger charge is 2.67. The Morgan fingerprint density at radius 3 is 2.20 bits per heavy atom. The van der Waals surface area contributed by atoms with E-state index < -0.39 is 17.3 Å². The van der Waals surface area contributed by atoms with E-state index in [0.717, 1.165) is 38.9 Å². The molecule has 4 aliphatic rings. The van der Waals surface area contributed by atoms with Crippen molar-refractivity contribution in [3.8, 4) is 0 Å². The first kappa shape index (κ1) is 22.9. The molecular formula is C33H25N5O2. The second kappa shape index (κ2) is 8.48. The largest absolute Gasteiger partial charge is 0.323 e. The molecule has 2 bridgehead atoms. The van der Waals surface area contributed by atoms with Crippen LogP contribution in [0.2, 0.25) is 0 Å². The molecular weight excluding hydrogens is 498 g/mol. The average molecular weight is 524 g/mol. The topological polar surface area (TPSA) is 90.4 Å². The minimum Gasteiger partial charge on any atom is -0.323 e. The number of aromatic nitrogens is 2. The summed E-state index contributed by atoms with van der Waals surface area (Å²) < 4.78 is 0. The summed E-state index contributed by atoms with van der Waals surface area (Å²) in [7, 11) is 0. The van der Waals surface area contributed by atoms with Gasteiger partial charge in [-0.1, -0.05) is 91.0 Å². The van der Waals surface area contributed by atoms with Gasteiger partial charge in [0.2, 0.25) is 17.8 Å². The van der Waals surface area contributed by atoms with Gasteiger partial charge in [0.15, 0.2) is 0 Å². The number of nitrogens with zero attached hydrogens (tertiary/aromatic N) is 3. The zero-order valence-corrected chi connectivity index (χ0v) is 21.5. The number of nitrogens with one attached hydrogen (secondary N) is 2. The molecule has 7 nitrogen and oxygen atoms in total. The lowest BCUT2D eigenvalue weighted by Crippen LogP contribution is -2.54. The standard InChI is InChI=1S/C33H25N5O2/c39-30-28-27-21-12-4-6-14-23(21)33(24-15-7-5-13-22(24)27,19-34-37-32-35-25-16-8-9-17-26(25)36-32)29(28)31(40)38(30)18-20-10-2-1-3-11-20/h1-17,19,27-29H,18H2,(H2,35,36,37)/b34-19-/t27?,28-,29-,33?/m0/s1. The number of amides is 2. The minimum atomic E-state index is -0.913. The van der Waals surface area contributed by atoms with E-state index in [1.54, 1.807) is 0 Å². The molecule has 0 spiro atoms. The van der Waals surface area contributed by atoms with Gasteiger partial charge in [-0.15, -0.1) is 0 Å². The van der Waals surface area contributed by atoms with Crippen molar-refractivity contribution in [2.75, 3.05) is 5.43 Å². The van der Waals surface area contributed by atoms with Gasteiger partial charge in [0.1, 0.15) is 0 Å². The lowest BCUT2D eigenvalue weighted by molar-refractivity contribution is -0.140. The summed E-state index contributed by atoms with van der Waals surface area (Å²) >= 11 is 0. The molecule has 1 aliphatic heterocycles. The molecule has 0 saturated carbocycles. The molecule has 0 unspecified atom stereocenters. The zero-order valence-electron chi connectivity index (χ0n) is 21.5. The van der Waals surface area contributed by atoms with Gasteiger partial charge < -0.3 is 4.98 Å². The van der Waals surface area contributed by atoms with Crippen molar-refractivity contribution in [3.63, 3.8) is 0 Å². The van der Waals surface area contributed by atoms with Gasteiger partial charge in [0.05, 0.1) is 34.8 Å². The van der Waals surface area contributed by atoms with Gasteiger partial charge in [-0.25, -0.2) is 10.4 Å². The van der Waals surface area contributed by atoms with Crippen LogP contribution < -0.4 is 5.43 Å². The zero-order chi connectivity index (χ0) is 26.8.